The number of nitrogens with zero attached hydrogens (tertiary/aromatic N) is 2. The Hall–Kier alpha value is -1.68. The molecule has 1 saturated carbocycles. The number of rotatable bonds is 5. The maximum Gasteiger partial charge on any atom is 0.123 e. The molecule has 19 heavy (non-hydrogen) atoms. The minimum atomic E-state index is -0.211. The smallest absolute Gasteiger partial charge is 0.123 e. The second-order valence-electron chi connectivity index (χ2n) is 5.00. The molecule has 0 aliphatic heterocycles. The Morgan fingerprint density at radius 1 is 1.32 bits per heavy atom. The zero-order valence-corrected chi connectivity index (χ0v) is 11.1. The van der Waals surface area contributed by atoms with Crippen LogP contribution >= 0.6 is 0 Å². The van der Waals surface area contributed by atoms with Gasteiger partial charge in [0.15, 0.2) is 0 Å². The van der Waals surface area contributed by atoms with Crippen molar-refractivity contribution in [3.8, 4) is 5.69 Å². The fraction of sp³-hybridized carbons (Fsp3) is 0.400. The van der Waals surface area contributed by atoms with Crippen LogP contribution in [0, 0.1) is 5.82 Å². The van der Waals surface area contributed by atoms with Crippen molar-refractivity contribution < 1.29 is 4.39 Å². The highest BCUT2D eigenvalue weighted by molar-refractivity contribution is 5.38. The highest BCUT2D eigenvalue weighted by Gasteiger charge is 2.30. The van der Waals surface area contributed by atoms with Gasteiger partial charge in [-0.3, -0.25) is 0 Å². The maximum absolute atomic E-state index is 13.0. The quantitative estimate of drug-likeness (QED) is 0.894. The minimum Gasteiger partial charge on any atom is -0.313 e. The van der Waals surface area contributed by atoms with E-state index in [-0.39, 0.29) is 5.82 Å². The molecule has 1 aliphatic rings. The standard InChI is InChI=1S/C15H18FN3/c1-2-17-9-12-10-18-19(15(12)11-3-4-11)14-7-5-13(16)6-8-14/h5-8,10-11,17H,2-4,9H2,1H3. The lowest BCUT2D eigenvalue weighted by Gasteiger charge is -2.09. The molecule has 4 heteroatoms. The molecule has 0 saturated heterocycles. The average Bonchev–Trinajstić information content (AvgIpc) is 3.18. The van der Waals surface area contributed by atoms with Crippen molar-refractivity contribution in [3.05, 3.63) is 47.5 Å². The van der Waals surface area contributed by atoms with Crippen LogP contribution in [0.4, 0.5) is 4.39 Å². The fourth-order valence-electron chi connectivity index (χ4n) is 2.37. The lowest BCUT2D eigenvalue weighted by Crippen LogP contribution is -2.13. The van der Waals surface area contributed by atoms with Crippen molar-refractivity contribution in [2.45, 2.75) is 32.2 Å². The van der Waals surface area contributed by atoms with E-state index in [1.54, 1.807) is 12.1 Å². The van der Waals surface area contributed by atoms with E-state index in [1.807, 2.05) is 10.9 Å². The van der Waals surface area contributed by atoms with E-state index in [4.69, 9.17) is 0 Å². The van der Waals surface area contributed by atoms with E-state index in [2.05, 4.69) is 17.3 Å². The molecule has 1 aromatic heterocycles. The topological polar surface area (TPSA) is 29.9 Å². The SMILES string of the molecule is CCNCc1cnn(-c2ccc(F)cc2)c1C1CC1. The van der Waals surface area contributed by atoms with Crippen molar-refractivity contribution in [2.24, 2.45) is 0 Å². The van der Waals surface area contributed by atoms with E-state index in [1.165, 1.54) is 36.2 Å². The van der Waals surface area contributed by atoms with E-state index in [0.29, 0.717) is 5.92 Å². The average molecular weight is 259 g/mol. The van der Waals surface area contributed by atoms with Crippen molar-refractivity contribution in [2.75, 3.05) is 6.54 Å². The van der Waals surface area contributed by atoms with E-state index in [0.717, 1.165) is 18.8 Å². The van der Waals surface area contributed by atoms with Crippen LogP contribution in [0.15, 0.2) is 30.5 Å². The fourth-order valence-corrected chi connectivity index (χ4v) is 2.37. The summed E-state index contributed by atoms with van der Waals surface area (Å²) in [6.07, 6.45) is 4.39. The first-order chi connectivity index (χ1) is 9.29. The third-order valence-corrected chi connectivity index (χ3v) is 3.49. The van der Waals surface area contributed by atoms with Crippen LogP contribution in [0.5, 0.6) is 0 Å². The Balaban J connectivity index is 1.96. The Bertz CT molecular complexity index is 555. The van der Waals surface area contributed by atoms with Gasteiger partial charge in [0, 0.05) is 18.0 Å². The molecule has 0 amide bonds. The van der Waals surface area contributed by atoms with Gasteiger partial charge in [0.25, 0.3) is 0 Å². The highest BCUT2D eigenvalue weighted by atomic mass is 19.1. The van der Waals surface area contributed by atoms with Crippen molar-refractivity contribution in [1.29, 1.82) is 0 Å². The lowest BCUT2D eigenvalue weighted by atomic mass is 10.1. The first-order valence-electron chi connectivity index (χ1n) is 6.83. The normalized spacial score (nSPS) is 14.8. The molecule has 2 aromatic rings. The number of hydrogen-bond donors (Lipinski definition) is 1. The Labute approximate surface area is 112 Å². The summed E-state index contributed by atoms with van der Waals surface area (Å²) in [5, 5.41) is 7.83. The molecule has 1 N–H and O–H groups in total. The molecule has 0 bridgehead atoms. The zero-order chi connectivity index (χ0) is 13.2. The third-order valence-electron chi connectivity index (χ3n) is 3.49. The van der Waals surface area contributed by atoms with E-state index >= 15 is 0 Å². The van der Waals surface area contributed by atoms with Gasteiger partial charge in [0.1, 0.15) is 5.82 Å². The Morgan fingerprint density at radius 2 is 2.05 bits per heavy atom. The molecular formula is C15H18FN3. The second kappa shape index (κ2) is 5.13. The number of aromatic nitrogens is 2. The van der Waals surface area contributed by atoms with Crippen molar-refractivity contribution in [3.63, 3.8) is 0 Å². The summed E-state index contributed by atoms with van der Waals surface area (Å²) in [7, 11) is 0. The molecule has 0 unspecified atom stereocenters. The third kappa shape index (κ3) is 2.54. The molecule has 3 rings (SSSR count). The Kier molecular flexibility index (Phi) is 3.34. The van der Waals surface area contributed by atoms with Crippen LogP contribution in [0.2, 0.25) is 0 Å². The summed E-state index contributed by atoms with van der Waals surface area (Å²) in [5.74, 6) is 0.401. The van der Waals surface area contributed by atoms with Gasteiger partial charge in [-0.15, -0.1) is 0 Å². The summed E-state index contributed by atoms with van der Waals surface area (Å²) >= 11 is 0. The van der Waals surface area contributed by atoms with Gasteiger partial charge in [0.2, 0.25) is 0 Å². The molecule has 1 fully saturated rings. The predicted octanol–water partition coefficient (Wildman–Crippen LogP) is 3.00. The van der Waals surface area contributed by atoms with Gasteiger partial charge in [-0.2, -0.15) is 5.10 Å². The second-order valence-corrected chi connectivity index (χ2v) is 5.00. The number of halogens is 1. The summed E-state index contributed by atoms with van der Waals surface area (Å²) in [4.78, 5) is 0. The van der Waals surface area contributed by atoms with Crippen molar-refractivity contribution >= 4 is 0 Å². The van der Waals surface area contributed by atoms with Gasteiger partial charge in [0.05, 0.1) is 17.6 Å². The van der Waals surface area contributed by atoms with Crippen molar-refractivity contribution in [1.82, 2.24) is 15.1 Å². The van der Waals surface area contributed by atoms with Crippen LogP contribution in [-0.4, -0.2) is 16.3 Å². The molecule has 0 radical (unpaired) electrons. The van der Waals surface area contributed by atoms with Crippen LogP contribution in [0.25, 0.3) is 5.69 Å². The predicted molar refractivity (Wildman–Crippen MR) is 72.9 cm³/mol. The number of benzene rings is 1. The molecule has 0 spiro atoms. The molecule has 0 atom stereocenters. The number of hydrogen-bond acceptors (Lipinski definition) is 2. The zero-order valence-electron chi connectivity index (χ0n) is 11.1. The van der Waals surface area contributed by atoms with Crippen LogP contribution < -0.4 is 5.32 Å². The molecule has 1 aromatic carbocycles. The summed E-state index contributed by atoms with van der Waals surface area (Å²) < 4.78 is 15.0. The highest BCUT2D eigenvalue weighted by Crippen LogP contribution is 2.42. The van der Waals surface area contributed by atoms with Gasteiger partial charge < -0.3 is 5.32 Å². The molecule has 1 heterocycles. The van der Waals surface area contributed by atoms with Gasteiger partial charge in [-0.05, 0) is 43.7 Å². The largest absolute Gasteiger partial charge is 0.313 e. The van der Waals surface area contributed by atoms with Gasteiger partial charge in [-0.1, -0.05) is 6.92 Å². The summed E-state index contributed by atoms with van der Waals surface area (Å²) in [6.45, 7) is 3.90. The van der Waals surface area contributed by atoms with E-state index < -0.39 is 0 Å². The van der Waals surface area contributed by atoms with Crippen LogP contribution in [-0.2, 0) is 6.54 Å². The summed E-state index contributed by atoms with van der Waals surface area (Å²) in [5.41, 5.74) is 3.48. The summed E-state index contributed by atoms with van der Waals surface area (Å²) in [6, 6.07) is 6.53. The first kappa shape index (κ1) is 12.4. The monoisotopic (exact) mass is 259 g/mol. The number of nitrogens with one attached hydrogen (secondary N) is 1. The molecule has 1 aliphatic carbocycles. The van der Waals surface area contributed by atoms with Gasteiger partial charge >= 0.3 is 0 Å². The minimum absolute atomic E-state index is 0.211. The van der Waals surface area contributed by atoms with Crippen LogP contribution in [0.3, 0.4) is 0 Å². The van der Waals surface area contributed by atoms with Crippen LogP contribution in [0.1, 0.15) is 36.9 Å². The molecule has 3 nitrogen and oxygen atoms in total. The Morgan fingerprint density at radius 3 is 2.68 bits per heavy atom. The van der Waals surface area contributed by atoms with Gasteiger partial charge in [-0.25, -0.2) is 9.07 Å². The molecule has 100 valence electrons. The maximum atomic E-state index is 13.0. The first-order valence-corrected chi connectivity index (χ1v) is 6.83. The lowest BCUT2D eigenvalue weighted by molar-refractivity contribution is 0.626. The molecular weight excluding hydrogens is 241 g/mol. The van der Waals surface area contributed by atoms with E-state index in [9.17, 15) is 4.39 Å².